The second-order valence-corrected chi connectivity index (χ2v) is 5.05. The van der Waals surface area contributed by atoms with E-state index in [1.165, 1.54) is 12.1 Å². The first-order valence-corrected chi connectivity index (χ1v) is 6.89. The Morgan fingerprint density at radius 3 is 2.63 bits per heavy atom. The normalized spacial score (nSPS) is 14.4. The summed E-state index contributed by atoms with van der Waals surface area (Å²) in [6.07, 6.45) is 3.59. The van der Waals surface area contributed by atoms with Crippen molar-refractivity contribution in [1.82, 2.24) is 10.2 Å². The highest BCUT2D eigenvalue weighted by molar-refractivity contribution is 5.77. The minimum Gasteiger partial charge on any atom is -0.339 e. The van der Waals surface area contributed by atoms with Crippen LogP contribution in [0.5, 0.6) is 0 Å². The maximum atomic E-state index is 12.8. The number of rotatable bonds is 7. The second-order valence-electron chi connectivity index (χ2n) is 5.05. The summed E-state index contributed by atoms with van der Waals surface area (Å²) in [6, 6.07) is 6.96. The number of hydrogen-bond donors (Lipinski definition) is 1. The van der Waals surface area contributed by atoms with Gasteiger partial charge in [0.25, 0.3) is 0 Å². The van der Waals surface area contributed by atoms with Gasteiger partial charge in [-0.25, -0.2) is 4.39 Å². The van der Waals surface area contributed by atoms with Crippen LogP contribution in [0.15, 0.2) is 24.3 Å². The van der Waals surface area contributed by atoms with Crippen LogP contribution >= 0.6 is 0 Å². The molecule has 1 aromatic carbocycles. The molecule has 0 atom stereocenters. The Bertz CT molecular complexity index is 415. The summed E-state index contributed by atoms with van der Waals surface area (Å²) >= 11 is 0. The van der Waals surface area contributed by atoms with E-state index in [2.05, 4.69) is 5.32 Å². The van der Waals surface area contributed by atoms with Crippen LogP contribution in [0, 0.1) is 5.82 Å². The van der Waals surface area contributed by atoms with Gasteiger partial charge in [-0.05, 0) is 44.0 Å². The first kappa shape index (κ1) is 14.0. The van der Waals surface area contributed by atoms with Crippen molar-refractivity contribution >= 4 is 5.91 Å². The van der Waals surface area contributed by atoms with Crippen LogP contribution in [0.3, 0.4) is 0 Å². The maximum Gasteiger partial charge on any atom is 0.224 e. The predicted octanol–water partition coefficient (Wildman–Crippen LogP) is 1.97. The minimum atomic E-state index is -0.215. The smallest absolute Gasteiger partial charge is 0.224 e. The molecule has 1 amide bonds. The highest BCUT2D eigenvalue weighted by Crippen LogP contribution is 2.27. The molecule has 1 aliphatic rings. The largest absolute Gasteiger partial charge is 0.339 e. The third kappa shape index (κ3) is 4.31. The molecule has 0 aromatic heterocycles. The van der Waals surface area contributed by atoms with E-state index in [1.807, 2.05) is 11.9 Å². The van der Waals surface area contributed by atoms with Crippen molar-refractivity contribution in [2.45, 2.75) is 31.7 Å². The number of halogens is 1. The zero-order chi connectivity index (χ0) is 13.7. The zero-order valence-corrected chi connectivity index (χ0v) is 11.4. The molecule has 0 radical (unpaired) electrons. The monoisotopic (exact) mass is 264 g/mol. The molecular weight excluding hydrogens is 243 g/mol. The van der Waals surface area contributed by atoms with E-state index in [4.69, 9.17) is 0 Å². The van der Waals surface area contributed by atoms with E-state index in [9.17, 15) is 9.18 Å². The molecule has 0 unspecified atom stereocenters. The molecule has 19 heavy (non-hydrogen) atoms. The van der Waals surface area contributed by atoms with Crippen LogP contribution in [-0.4, -0.2) is 37.0 Å². The van der Waals surface area contributed by atoms with Crippen molar-refractivity contribution in [1.29, 1.82) is 0 Å². The zero-order valence-electron chi connectivity index (χ0n) is 11.4. The summed E-state index contributed by atoms with van der Waals surface area (Å²) in [5.74, 6) is 0.00635. The Kier molecular flexibility index (Phi) is 4.91. The Hall–Kier alpha value is -1.42. The number of nitrogens with one attached hydrogen (secondary N) is 1. The first-order valence-electron chi connectivity index (χ1n) is 6.89. The molecule has 0 heterocycles. The van der Waals surface area contributed by atoms with Crippen LogP contribution in [0.25, 0.3) is 0 Å². The molecule has 0 spiro atoms. The summed E-state index contributed by atoms with van der Waals surface area (Å²) in [5.41, 5.74) is 1.08. The SMILES string of the molecule is CNCCC(=O)N(CCc1ccc(F)cc1)C1CC1. The number of nitrogens with zero attached hydrogens (tertiary/aromatic N) is 1. The van der Waals surface area contributed by atoms with Gasteiger partial charge >= 0.3 is 0 Å². The first-order chi connectivity index (χ1) is 9.20. The van der Waals surface area contributed by atoms with Crippen LogP contribution in [-0.2, 0) is 11.2 Å². The number of benzene rings is 1. The van der Waals surface area contributed by atoms with Crippen LogP contribution in [0.4, 0.5) is 4.39 Å². The quantitative estimate of drug-likeness (QED) is 0.816. The van der Waals surface area contributed by atoms with Crippen molar-refractivity contribution < 1.29 is 9.18 Å². The Morgan fingerprint density at radius 2 is 2.05 bits per heavy atom. The minimum absolute atomic E-state index is 0.215. The summed E-state index contributed by atoms with van der Waals surface area (Å²) in [7, 11) is 1.85. The van der Waals surface area contributed by atoms with Gasteiger partial charge in [0.05, 0.1) is 0 Å². The fourth-order valence-corrected chi connectivity index (χ4v) is 2.17. The fraction of sp³-hybridized carbons (Fsp3) is 0.533. The molecule has 1 saturated carbocycles. The number of carbonyl (C=O) groups excluding carboxylic acids is 1. The van der Waals surface area contributed by atoms with E-state index in [1.54, 1.807) is 12.1 Å². The van der Waals surface area contributed by atoms with Crippen molar-refractivity contribution in [2.75, 3.05) is 20.1 Å². The lowest BCUT2D eigenvalue weighted by atomic mass is 10.1. The van der Waals surface area contributed by atoms with Gasteiger partial charge in [0.1, 0.15) is 5.82 Å². The molecular formula is C15H21FN2O. The van der Waals surface area contributed by atoms with Gasteiger partial charge < -0.3 is 10.2 Å². The van der Waals surface area contributed by atoms with Crippen molar-refractivity contribution in [3.8, 4) is 0 Å². The topological polar surface area (TPSA) is 32.3 Å². The number of amides is 1. The molecule has 0 aliphatic heterocycles. The number of carbonyl (C=O) groups is 1. The summed E-state index contributed by atoms with van der Waals surface area (Å²) < 4.78 is 12.8. The van der Waals surface area contributed by atoms with Crippen LogP contribution < -0.4 is 5.32 Å². The van der Waals surface area contributed by atoms with E-state index >= 15 is 0 Å². The van der Waals surface area contributed by atoms with Crippen molar-refractivity contribution in [3.05, 3.63) is 35.6 Å². The van der Waals surface area contributed by atoms with E-state index in [-0.39, 0.29) is 11.7 Å². The van der Waals surface area contributed by atoms with Gasteiger partial charge in [0.2, 0.25) is 5.91 Å². The summed E-state index contributed by atoms with van der Waals surface area (Å²) in [6.45, 7) is 1.46. The fourth-order valence-electron chi connectivity index (χ4n) is 2.17. The number of hydrogen-bond acceptors (Lipinski definition) is 2. The molecule has 1 fully saturated rings. The molecule has 0 saturated heterocycles. The lowest BCUT2D eigenvalue weighted by Gasteiger charge is -2.22. The molecule has 4 heteroatoms. The second kappa shape index (κ2) is 6.66. The molecule has 2 rings (SSSR count). The molecule has 1 aliphatic carbocycles. The Labute approximate surface area is 113 Å². The van der Waals surface area contributed by atoms with Gasteiger partial charge in [-0.15, -0.1) is 0 Å². The van der Waals surface area contributed by atoms with Crippen LogP contribution in [0.2, 0.25) is 0 Å². The average Bonchev–Trinajstić information content (AvgIpc) is 3.23. The standard InChI is InChI=1S/C15H21FN2O/c1-17-10-8-15(19)18(14-6-7-14)11-9-12-2-4-13(16)5-3-12/h2-5,14,17H,6-11H2,1H3. The Balaban J connectivity index is 1.86. The van der Waals surface area contributed by atoms with Gasteiger partial charge in [-0.1, -0.05) is 12.1 Å². The van der Waals surface area contributed by atoms with Crippen LogP contribution in [0.1, 0.15) is 24.8 Å². The highest BCUT2D eigenvalue weighted by Gasteiger charge is 2.31. The third-order valence-corrected chi connectivity index (χ3v) is 3.45. The molecule has 0 bridgehead atoms. The van der Waals surface area contributed by atoms with E-state index in [0.29, 0.717) is 12.5 Å². The summed E-state index contributed by atoms with van der Waals surface area (Å²) in [5, 5.41) is 3.00. The van der Waals surface area contributed by atoms with Gasteiger partial charge in [0.15, 0.2) is 0 Å². The van der Waals surface area contributed by atoms with Gasteiger partial charge in [-0.2, -0.15) is 0 Å². The molecule has 1 N–H and O–H groups in total. The lowest BCUT2D eigenvalue weighted by Crippen LogP contribution is -2.36. The predicted molar refractivity (Wildman–Crippen MR) is 73.4 cm³/mol. The molecule has 3 nitrogen and oxygen atoms in total. The maximum absolute atomic E-state index is 12.8. The van der Waals surface area contributed by atoms with Gasteiger partial charge in [-0.3, -0.25) is 4.79 Å². The molecule has 1 aromatic rings. The average molecular weight is 264 g/mol. The Morgan fingerprint density at radius 1 is 1.37 bits per heavy atom. The van der Waals surface area contributed by atoms with Crippen molar-refractivity contribution in [2.24, 2.45) is 0 Å². The van der Waals surface area contributed by atoms with E-state index < -0.39 is 0 Å². The molecule has 104 valence electrons. The third-order valence-electron chi connectivity index (χ3n) is 3.45. The highest BCUT2D eigenvalue weighted by atomic mass is 19.1. The summed E-state index contributed by atoms with van der Waals surface area (Å²) in [4.78, 5) is 14.1. The lowest BCUT2D eigenvalue weighted by molar-refractivity contribution is -0.131. The van der Waals surface area contributed by atoms with E-state index in [0.717, 1.165) is 37.9 Å². The van der Waals surface area contributed by atoms with Crippen molar-refractivity contribution in [3.63, 3.8) is 0 Å². The van der Waals surface area contributed by atoms with Gasteiger partial charge in [0, 0.05) is 25.6 Å².